The molecule has 1 unspecified atom stereocenters. The number of hydrogen-bond acceptors (Lipinski definition) is 4. The van der Waals surface area contributed by atoms with Crippen molar-refractivity contribution in [1.29, 1.82) is 0 Å². The highest BCUT2D eigenvalue weighted by atomic mass is 16.5. The summed E-state index contributed by atoms with van der Waals surface area (Å²) >= 11 is 0. The second kappa shape index (κ2) is 11.6. The van der Waals surface area contributed by atoms with Crippen LogP contribution in [0, 0.1) is 0 Å². The molecule has 4 nitrogen and oxygen atoms in total. The summed E-state index contributed by atoms with van der Waals surface area (Å²) < 4.78 is 17.0. The van der Waals surface area contributed by atoms with Gasteiger partial charge >= 0.3 is 5.97 Å². The van der Waals surface area contributed by atoms with Crippen LogP contribution in [0.4, 0.5) is 0 Å². The third-order valence-electron chi connectivity index (χ3n) is 6.16. The van der Waals surface area contributed by atoms with Gasteiger partial charge < -0.3 is 14.2 Å². The maximum Gasteiger partial charge on any atom is 0.305 e. The zero-order chi connectivity index (χ0) is 22.9. The van der Waals surface area contributed by atoms with Crippen molar-refractivity contribution in [2.24, 2.45) is 0 Å². The van der Waals surface area contributed by atoms with Gasteiger partial charge in [0.05, 0.1) is 13.7 Å². The first-order valence-corrected chi connectivity index (χ1v) is 11.8. The van der Waals surface area contributed by atoms with E-state index in [2.05, 4.69) is 48.5 Å². The molecule has 0 bridgehead atoms. The Labute approximate surface area is 196 Å². The molecule has 0 amide bonds. The number of carbonyl (C=O) groups is 1. The first kappa shape index (κ1) is 22.9. The Morgan fingerprint density at radius 1 is 0.879 bits per heavy atom. The Bertz CT molecular complexity index is 1030. The lowest BCUT2D eigenvalue weighted by molar-refractivity contribution is -0.140. The SMILES string of the molecule is COC(=O)CCc1ccc(OC2CCc3cc(OCCCCc4ccccc4)ccc32)cc1. The zero-order valence-corrected chi connectivity index (χ0v) is 19.3. The molecule has 1 atom stereocenters. The Hall–Kier alpha value is -3.27. The molecule has 1 aliphatic carbocycles. The number of esters is 1. The molecule has 0 fully saturated rings. The first-order chi connectivity index (χ1) is 16.2. The second-order valence-corrected chi connectivity index (χ2v) is 8.52. The van der Waals surface area contributed by atoms with Crippen LogP contribution in [0.3, 0.4) is 0 Å². The van der Waals surface area contributed by atoms with Crippen molar-refractivity contribution < 1.29 is 19.0 Å². The van der Waals surface area contributed by atoms with Gasteiger partial charge in [0.1, 0.15) is 17.6 Å². The van der Waals surface area contributed by atoms with Gasteiger partial charge in [0, 0.05) is 6.42 Å². The minimum absolute atomic E-state index is 0.0702. The molecule has 0 saturated carbocycles. The van der Waals surface area contributed by atoms with Crippen LogP contribution in [-0.2, 0) is 28.8 Å². The van der Waals surface area contributed by atoms with E-state index in [-0.39, 0.29) is 12.1 Å². The minimum Gasteiger partial charge on any atom is -0.494 e. The summed E-state index contributed by atoms with van der Waals surface area (Å²) in [5.74, 6) is 1.62. The number of methoxy groups -OCH3 is 1. The van der Waals surface area contributed by atoms with Gasteiger partial charge in [0.25, 0.3) is 0 Å². The highest BCUT2D eigenvalue weighted by molar-refractivity contribution is 5.69. The highest BCUT2D eigenvalue weighted by Crippen LogP contribution is 2.37. The van der Waals surface area contributed by atoms with Gasteiger partial charge in [-0.3, -0.25) is 4.79 Å². The smallest absolute Gasteiger partial charge is 0.305 e. The zero-order valence-electron chi connectivity index (χ0n) is 19.3. The average Bonchev–Trinajstić information content (AvgIpc) is 3.25. The van der Waals surface area contributed by atoms with E-state index in [0.717, 1.165) is 55.8 Å². The van der Waals surface area contributed by atoms with Crippen LogP contribution in [0.1, 0.15) is 54.0 Å². The Morgan fingerprint density at radius 2 is 1.64 bits per heavy atom. The van der Waals surface area contributed by atoms with Crippen molar-refractivity contribution in [3.05, 3.63) is 95.1 Å². The van der Waals surface area contributed by atoms with Crippen molar-refractivity contribution in [2.45, 2.75) is 51.0 Å². The maximum absolute atomic E-state index is 11.3. The van der Waals surface area contributed by atoms with Gasteiger partial charge in [-0.05, 0) is 85.0 Å². The van der Waals surface area contributed by atoms with Crippen LogP contribution in [0.5, 0.6) is 11.5 Å². The maximum atomic E-state index is 11.3. The summed E-state index contributed by atoms with van der Waals surface area (Å²) in [5.41, 5.74) is 5.06. The summed E-state index contributed by atoms with van der Waals surface area (Å²) in [5, 5.41) is 0. The summed E-state index contributed by atoms with van der Waals surface area (Å²) in [6.07, 6.45) is 6.39. The molecule has 3 aromatic rings. The lowest BCUT2D eigenvalue weighted by atomic mass is 10.1. The highest BCUT2D eigenvalue weighted by Gasteiger charge is 2.24. The quantitative estimate of drug-likeness (QED) is 0.259. The van der Waals surface area contributed by atoms with Gasteiger partial charge in [-0.1, -0.05) is 48.5 Å². The molecule has 4 rings (SSSR count). The second-order valence-electron chi connectivity index (χ2n) is 8.52. The molecule has 0 spiro atoms. The predicted molar refractivity (Wildman–Crippen MR) is 130 cm³/mol. The summed E-state index contributed by atoms with van der Waals surface area (Å²) in [6, 6.07) is 25.0. The number of carbonyl (C=O) groups excluding carboxylic acids is 1. The number of fused-ring (bicyclic) bond motifs is 1. The molecule has 0 saturated heterocycles. The van der Waals surface area contributed by atoms with Gasteiger partial charge in [-0.25, -0.2) is 0 Å². The lowest BCUT2D eigenvalue weighted by Crippen LogP contribution is -2.04. The Morgan fingerprint density at radius 3 is 2.42 bits per heavy atom. The fraction of sp³-hybridized carbons (Fsp3) is 0.345. The normalized spacial score (nSPS) is 14.5. The molecular formula is C29H32O4. The summed E-state index contributed by atoms with van der Waals surface area (Å²) in [7, 11) is 1.42. The van der Waals surface area contributed by atoms with E-state index in [1.54, 1.807) is 0 Å². The number of hydrogen-bond donors (Lipinski definition) is 0. The monoisotopic (exact) mass is 444 g/mol. The van der Waals surface area contributed by atoms with Gasteiger partial charge in [0.15, 0.2) is 0 Å². The Kier molecular flexibility index (Phi) is 8.02. The summed E-state index contributed by atoms with van der Waals surface area (Å²) in [6.45, 7) is 0.744. The van der Waals surface area contributed by atoms with Crippen LogP contribution in [0.15, 0.2) is 72.8 Å². The fourth-order valence-corrected chi connectivity index (χ4v) is 4.28. The fourth-order valence-electron chi connectivity index (χ4n) is 4.28. The number of ether oxygens (including phenoxy) is 3. The molecule has 4 heteroatoms. The molecule has 33 heavy (non-hydrogen) atoms. The van der Waals surface area contributed by atoms with Gasteiger partial charge in [-0.2, -0.15) is 0 Å². The van der Waals surface area contributed by atoms with Gasteiger partial charge in [0.2, 0.25) is 0 Å². The van der Waals surface area contributed by atoms with Crippen LogP contribution in [-0.4, -0.2) is 19.7 Å². The largest absolute Gasteiger partial charge is 0.494 e. The minimum atomic E-state index is -0.187. The predicted octanol–water partition coefficient (Wildman–Crippen LogP) is 6.26. The van der Waals surface area contributed by atoms with Crippen LogP contribution < -0.4 is 9.47 Å². The third-order valence-corrected chi connectivity index (χ3v) is 6.16. The topological polar surface area (TPSA) is 44.8 Å². The van der Waals surface area contributed by atoms with E-state index in [9.17, 15) is 4.79 Å². The molecule has 0 aliphatic heterocycles. The van der Waals surface area contributed by atoms with E-state index in [0.29, 0.717) is 12.8 Å². The third kappa shape index (κ3) is 6.61. The molecule has 1 aliphatic rings. The van der Waals surface area contributed by atoms with E-state index in [1.165, 1.54) is 23.8 Å². The summed E-state index contributed by atoms with van der Waals surface area (Å²) in [4.78, 5) is 11.3. The molecule has 172 valence electrons. The lowest BCUT2D eigenvalue weighted by Gasteiger charge is -2.16. The molecular weight excluding hydrogens is 412 g/mol. The molecule has 0 aromatic heterocycles. The van der Waals surface area contributed by atoms with Crippen LogP contribution >= 0.6 is 0 Å². The van der Waals surface area contributed by atoms with Crippen LogP contribution in [0.25, 0.3) is 0 Å². The van der Waals surface area contributed by atoms with Crippen molar-refractivity contribution in [1.82, 2.24) is 0 Å². The Balaban J connectivity index is 1.23. The molecule has 3 aromatic carbocycles. The van der Waals surface area contributed by atoms with Crippen molar-refractivity contribution in [3.63, 3.8) is 0 Å². The van der Waals surface area contributed by atoms with E-state index < -0.39 is 0 Å². The van der Waals surface area contributed by atoms with Crippen LogP contribution in [0.2, 0.25) is 0 Å². The van der Waals surface area contributed by atoms with E-state index in [4.69, 9.17) is 14.2 Å². The van der Waals surface area contributed by atoms with Crippen molar-refractivity contribution in [2.75, 3.05) is 13.7 Å². The van der Waals surface area contributed by atoms with Crippen molar-refractivity contribution in [3.8, 4) is 11.5 Å². The van der Waals surface area contributed by atoms with Gasteiger partial charge in [-0.15, -0.1) is 0 Å². The van der Waals surface area contributed by atoms with E-state index in [1.807, 2.05) is 24.3 Å². The van der Waals surface area contributed by atoms with E-state index >= 15 is 0 Å². The molecule has 0 N–H and O–H groups in total. The number of unbranched alkanes of at least 4 members (excludes halogenated alkanes) is 1. The first-order valence-electron chi connectivity index (χ1n) is 11.8. The number of rotatable bonds is 11. The van der Waals surface area contributed by atoms with Crippen molar-refractivity contribution >= 4 is 5.97 Å². The number of benzene rings is 3. The average molecular weight is 445 g/mol. The molecule has 0 heterocycles. The molecule has 0 radical (unpaired) electrons. The number of aryl methyl sites for hydroxylation is 3. The standard InChI is InChI=1S/C29H32O4/c1-31-29(30)19-12-23-10-14-25(15-11-23)33-28-18-13-24-21-26(16-17-27(24)28)32-20-6-5-9-22-7-3-2-4-8-22/h2-4,7-8,10-11,14-17,21,28H,5-6,9,12-13,18-20H2,1H3.